The number of nitrogen functional groups attached to an aromatic ring is 1. The molecule has 1 aliphatic heterocycles. The van der Waals surface area contributed by atoms with Gasteiger partial charge in [0.2, 0.25) is 5.95 Å². The number of halogens is 2. The van der Waals surface area contributed by atoms with Crippen LogP contribution in [-0.2, 0) is 7.05 Å². The third kappa shape index (κ3) is 2.85. The summed E-state index contributed by atoms with van der Waals surface area (Å²) in [6.07, 6.45) is 4.85. The highest BCUT2D eigenvalue weighted by molar-refractivity contribution is 5.93. The van der Waals surface area contributed by atoms with E-state index in [0.29, 0.717) is 24.7 Å². The molecule has 0 bridgehead atoms. The number of hydrogen-bond acceptors (Lipinski definition) is 6. The van der Waals surface area contributed by atoms with E-state index in [1.54, 1.807) is 28.9 Å². The molecule has 0 radical (unpaired) electrons. The van der Waals surface area contributed by atoms with Crippen molar-refractivity contribution >= 4 is 28.4 Å². The average Bonchev–Trinajstić information content (AvgIpc) is 3.36. The summed E-state index contributed by atoms with van der Waals surface area (Å²) in [5.74, 6) is -1.07. The summed E-state index contributed by atoms with van der Waals surface area (Å²) in [7, 11) is 1.77. The molecule has 1 saturated heterocycles. The van der Waals surface area contributed by atoms with Crippen molar-refractivity contribution in [1.29, 1.82) is 0 Å². The zero-order chi connectivity index (χ0) is 21.0. The van der Waals surface area contributed by atoms with E-state index in [1.807, 2.05) is 0 Å². The van der Waals surface area contributed by atoms with Crippen molar-refractivity contribution in [2.24, 2.45) is 7.05 Å². The van der Waals surface area contributed by atoms with Crippen LogP contribution < -0.4 is 5.73 Å². The Morgan fingerprint density at radius 2 is 2.10 bits per heavy atom. The van der Waals surface area contributed by atoms with E-state index in [1.165, 1.54) is 4.52 Å². The molecular weight excluding hydrogens is 394 g/mol. The van der Waals surface area contributed by atoms with E-state index in [2.05, 4.69) is 20.1 Å². The lowest BCUT2D eigenvalue weighted by molar-refractivity contribution is 0.0688. The fourth-order valence-electron chi connectivity index (χ4n) is 3.93. The molecule has 0 unspecified atom stereocenters. The van der Waals surface area contributed by atoms with E-state index >= 15 is 0 Å². The smallest absolute Gasteiger partial charge is 0.289 e. The Kier molecular flexibility index (Phi) is 4.12. The van der Waals surface area contributed by atoms with Crippen molar-refractivity contribution in [2.75, 3.05) is 18.8 Å². The minimum atomic E-state index is -0.812. The van der Waals surface area contributed by atoms with Gasteiger partial charge in [-0.1, -0.05) is 0 Å². The Balaban J connectivity index is 1.53. The normalized spacial score (nSPS) is 17.2. The maximum Gasteiger partial charge on any atom is 0.289 e. The second-order valence-corrected chi connectivity index (χ2v) is 7.41. The van der Waals surface area contributed by atoms with Crippen LogP contribution in [0.5, 0.6) is 0 Å². The van der Waals surface area contributed by atoms with E-state index in [0.717, 1.165) is 25.0 Å². The molecular formula is C19H18F2N8O. The van der Waals surface area contributed by atoms with Gasteiger partial charge in [-0.05, 0) is 18.9 Å². The van der Waals surface area contributed by atoms with E-state index < -0.39 is 11.6 Å². The zero-order valence-electron chi connectivity index (χ0n) is 16.1. The molecule has 0 spiro atoms. The number of piperidine rings is 1. The first-order valence-electron chi connectivity index (χ1n) is 9.50. The molecule has 3 aromatic heterocycles. The van der Waals surface area contributed by atoms with Crippen LogP contribution in [0.3, 0.4) is 0 Å². The number of fused-ring (bicyclic) bond motifs is 3. The first-order valence-corrected chi connectivity index (χ1v) is 9.50. The third-order valence-electron chi connectivity index (χ3n) is 5.42. The van der Waals surface area contributed by atoms with Gasteiger partial charge in [0.1, 0.15) is 11.3 Å². The number of nitrogens with two attached hydrogens (primary N) is 1. The molecule has 1 aliphatic rings. The van der Waals surface area contributed by atoms with E-state index in [4.69, 9.17) is 5.73 Å². The number of anilines is 1. The van der Waals surface area contributed by atoms with Crippen molar-refractivity contribution in [2.45, 2.75) is 18.8 Å². The van der Waals surface area contributed by atoms with Crippen LogP contribution >= 0.6 is 0 Å². The highest BCUT2D eigenvalue weighted by Crippen LogP contribution is 2.29. The zero-order valence-corrected chi connectivity index (χ0v) is 16.1. The summed E-state index contributed by atoms with van der Waals surface area (Å²) in [5.41, 5.74) is 6.12. The predicted molar refractivity (Wildman–Crippen MR) is 104 cm³/mol. The Morgan fingerprint density at radius 3 is 2.87 bits per heavy atom. The molecule has 0 aliphatic carbocycles. The van der Waals surface area contributed by atoms with Crippen molar-refractivity contribution in [3.8, 4) is 0 Å². The fraction of sp³-hybridized carbons (Fsp3) is 0.316. The summed E-state index contributed by atoms with van der Waals surface area (Å²) in [6.45, 7) is 1.02. The molecule has 9 nitrogen and oxygen atoms in total. The number of nitrogens with zero attached hydrogens (tertiary/aromatic N) is 7. The van der Waals surface area contributed by atoms with Gasteiger partial charge < -0.3 is 15.2 Å². The lowest BCUT2D eigenvalue weighted by atomic mass is 9.97. The van der Waals surface area contributed by atoms with Gasteiger partial charge >= 0.3 is 0 Å². The van der Waals surface area contributed by atoms with Crippen LogP contribution in [0.4, 0.5) is 14.7 Å². The van der Waals surface area contributed by atoms with Gasteiger partial charge in [-0.2, -0.15) is 4.52 Å². The van der Waals surface area contributed by atoms with Crippen LogP contribution in [0.15, 0.2) is 24.5 Å². The number of hydrogen-bond donors (Lipinski definition) is 1. The minimum absolute atomic E-state index is 0.0430. The van der Waals surface area contributed by atoms with Gasteiger partial charge in [-0.25, -0.2) is 23.7 Å². The molecule has 1 aromatic carbocycles. The standard InChI is InChI=1S/C19H18F2N8O/c1-27-6-4-23-17(27)18(30)28-5-2-3-10(9-28)15-25-16-12-7-11(20)8-13(21)14(12)24-19(22)29(16)26-15/h4,6-8,10H,2-3,5,9H2,1H3,(H2,22,24)/t10-/m1/s1. The number of amides is 1. The largest absolute Gasteiger partial charge is 0.368 e. The van der Waals surface area contributed by atoms with Gasteiger partial charge in [0.15, 0.2) is 23.1 Å². The maximum absolute atomic E-state index is 14.2. The fourth-order valence-corrected chi connectivity index (χ4v) is 3.93. The van der Waals surface area contributed by atoms with Crippen LogP contribution in [0.25, 0.3) is 16.6 Å². The van der Waals surface area contributed by atoms with Crippen molar-refractivity contribution in [3.05, 3.63) is 47.8 Å². The third-order valence-corrected chi connectivity index (χ3v) is 5.42. The summed E-state index contributed by atoms with van der Waals surface area (Å²) >= 11 is 0. The molecule has 1 atom stereocenters. The lowest BCUT2D eigenvalue weighted by Gasteiger charge is -2.31. The molecule has 0 saturated carbocycles. The Bertz CT molecular complexity index is 1300. The number of likely N-dealkylation sites (tertiary alicyclic amines) is 1. The summed E-state index contributed by atoms with van der Waals surface area (Å²) in [6, 6.07) is 1.92. The second-order valence-electron chi connectivity index (χ2n) is 7.41. The van der Waals surface area contributed by atoms with Gasteiger partial charge in [-0.3, -0.25) is 4.79 Å². The Hall–Kier alpha value is -3.63. The molecule has 1 fully saturated rings. The van der Waals surface area contributed by atoms with Crippen molar-refractivity contribution in [1.82, 2.24) is 34.0 Å². The Morgan fingerprint density at radius 1 is 1.27 bits per heavy atom. The molecule has 4 aromatic rings. The maximum atomic E-state index is 14.2. The van der Waals surface area contributed by atoms with Crippen LogP contribution in [-0.4, -0.2) is 53.0 Å². The molecule has 11 heteroatoms. The summed E-state index contributed by atoms with van der Waals surface area (Å²) in [5, 5.41) is 4.63. The van der Waals surface area contributed by atoms with Crippen molar-refractivity contribution < 1.29 is 13.6 Å². The van der Waals surface area contributed by atoms with Crippen LogP contribution in [0.1, 0.15) is 35.2 Å². The first-order chi connectivity index (χ1) is 14.4. The summed E-state index contributed by atoms with van der Waals surface area (Å²) in [4.78, 5) is 27.2. The number of carbonyl (C=O) groups excluding carboxylic acids is 1. The highest BCUT2D eigenvalue weighted by atomic mass is 19.1. The lowest BCUT2D eigenvalue weighted by Crippen LogP contribution is -2.40. The Labute approximate surface area is 169 Å². The SMILES string of the molecule is Cn1ccnc1C(=O)N1CCC[C@@H](c2nc3c4cc(F)cc(F)c4nc(N)n3n2)C1. The highest BCUT2D eigenvalue weighted by Gasteiger charge is 2.30. The van der Waals surface area contributed by atoms with Gasteiger partial charge in [-0.15, -0.1) is 5.10 Å². The number of aryl methyl sites for hydroxylation is 1. The van der Waals surface area contributed by atoms with Gasteiger partial charge in [0.05, 0.1) is 5.39 Å². The monoisotopic (exact) mass is 412 g/mol. The number of imidazole rings is 1. The van der Waals surface area contributed by atoms with Crippen LogP contribution in [0, 0.1) is 11.6 Å². The number of carbonyl (C=O) groups is 1. The van der Waals surface area contributed by atoms with Gasteiger partial charge in [0.25, 0.3) is 5.91 Å². The number of benzene rings is 1. The molecule has 154 valence electrons. The molecule has 5 rings (SSSR count). The summed E-state index contributed by atoms with van der Waals surface area (Å²) < 4.78 is 30.9. The molecule has 1 amide bonds. The molecule has 30 heavy (non-hydrogen) atoms. The molecule has 4 heterocycles. The minimum Gasteiger partial charge on any atom is -0.368 e. The average molecular weight is 412 g/mol. The van der Waals surface area contributed by atoms with Crippen molar-refractivity contribution in [3.63, 3.8) is 0 Å². The number of aromatic nitrogens is 6. The van der Waals surface area contributed by atoms with Gasteiger partial charge in [0, 0.05) is 44.5 Å². The second kappa shape index (κ2) is 6.71. The topological polar surface area (TPSA) is 107 Å². The van der Waals surface area contributed by atoms with E-state index in [-0.39, 0.29) is 34.3 Å². The molecule has 2 N–H and O–H groups in total. The quantitative estimate of drug-likeness (QED) is 0.539. The first kappa shape index (κ1) is 18.4. The van der Waals surface area contributed by atoms with E-state index in [9.17, 15) is 13.6 Å². The van der Waals surface area contributed by atoms with Crippen LogP contribution in [0.2, 0.25) is 0 Å². The number of rotatable bonds is 2. The predicted octanol–water partition coefficient (Wildman–Crippen LogP) is 1.89.